The molecule has 1 fully saturated rings. The summed E-state index contributed by atoms with van der Waals surface area (Å²) in [6, 6.07) is 5.43. The standard InChI is InChI=1S/C17H25NO4/c1-3-4-7-17(19)18-13-8-9-15(20-2)16(11-13)22-12-14-6-5-10-21-14/h8-9,11,14H,3-7,10,12H2,1-2H3,(H,18,19). The summed E-state index contributed by atoms with van der Waals surface area (Å²) < 4.78 is 16.7. The minimum Gasteiger partial charge on any atom is -0.493 e. The number of anilines is 1. The van der Waals surface area contributed by atoms with Gasteiger partial charge < -0.3 is 19.5 Å². The van der Waals surface area contributed by atoms with Gasteiger partial charge in [0.1, 0.15) is 6.61 Å². The molecule has 122 valence electrons. The van der Waals surface area contributed by atoms with E-state index in [1.807, 2.05) is 6.07 Å². The Morgan fingerprint density at radius 3 is 2.95 bits per heavy atom. The Labute approximate surface area is 131 Å². The largest absolute Gasteiger partial charge is 0.493 e. The monoisotopic (exact) mass is 307 g/mol. The Balaban J connectivity index is 1.96. The van der Waals surface area contributed by atoms with E-state index in [0.717, 1.165) is 38.0 Å². The molecule has 0 spiro atoms. The number of rotatable bonds is 8. The van der Waals surface area contributed by atoms with Crippen molar-refractivity contribution >= 4 is 11.6 Å². The summed E-state index contributed by atoms with van der Waals surface area (Å²) in [6.45, 7) is 3.37. The second kappa shape index (κ2) is 8.63. The molecule has 0 radical (unpaired) electrons. The van der Waals surface area contributed by atoms with E-state index in [4.69, 9.17) is 14.2 Å². The molecule has 2 rings (SSSR count). The molecule has 1 amide bonds. The molecule has 5 heteroatoms. The maximum Gasteiger partial charge on any atom is 0.224 e. The molecule has 0 bridgehead atoms. The highest BCUT2D eigenvalue weighted by molar-refractivity contribution is 5.91. The van der Waals surface area contributed by atoms with E-state index in [9.17, 15) is 4.79 Å². The summed E-state index contributed by atoms with van der Waals surface area (Å²) in [5.74, 6) is 1.31. The molecule has 1 aliphatic rings. The topological polar surface area (TPSA) is 56.8 Å². The van der Waals surface area contributed by atoms with Crippen molar-refractivity contribution in [1.82, 2.24) is 0 Å². The molecule has 1 N–H and O–H groups in total. The van der Waals surface area contributed by atoms with Crippen LogP contribution in [-0.2, 0) is 9.53 Å². The number of amides is 1. The van der Waals surface area contributed by atoms with E-state index < -0.39 is 0 Å². The third kappa shape index (κ3) is 4.91. The molecule has 0 aromatic heterocycles. The summed E-state index contributed by atoms with van der Waals surface area (Å²) in [5.41, 5.74) is 0.726. The molecular weight excluding hydrogens is 282 g/mol. The molecule has 5 nitrogen and oxygen atoms in total. The van der Waals surface area contributed by atoms with Crippen molar-refractivity contribution in [1.29, 1.82) is 0 Å². The third-order valence-corrected chi connectivity index (χ3v) is 3.65. The van der Waals surface area contributed by atoms with E-state index in [1.54, 1.807) is 19.2 Å². The maximum absolute atomic E-state index is 11.8. The lowest BCUT2D eigenvalue weighted by Gasteiger charge is -2.15. The highest BCUT2D eigenvalue weighted by Crippen LogP contribution is 2.31. The van der Waals surface area contributed by atoms with E-state index in [-0.39, 0.29) is 12.0 Å². The van der Waals surface area contributed by atoms with Gasteiger partial charge in [-0.3, -0.25) is 4.79 Å². The number of unbranched alkanes of at least 4 members (excludes halogenated alkanes) is 1. The number of nitrogens with one attached hydrogen (secondary N) is 1. The van der Waals surface area contributed by atoms with Crippen LogP contribution in [0.3, 0.4) is 0 Å². The van der Waals surface area contributed by atoms with Crippen LogP contribution in [0.25, 0.3) is 0 Å². The van der Waals surface area contributed by atoms with Crippen molar-refractivity contribution in [3.05, 3.63) is 18.2 Å². The molecule has 22 heavy (non-hydrogen) atoms. The predicted octanol–water partition coefficient (Wildman–Crippen LogP) is 3.38. The van der Waals surface area contributed by atoms with Crippen LogP contribution in [-0.4, -0.2) is 32.3 Å². The van der Waals surface area contributed by atoms with Crippen LogP contribution >= 0.6 is 0 Å². The molecule has 1 aromatic carbocycles. The van der Waals surface area contributed by atoms with E-state index in [1.165, 1.54) is 0 Å². The number of methoxy groups -OCH3 is 1. The van der Waals surface area contributed by atoms with Gasteiger partial charge in [0.05, 0.1) is 13.2 Å². The van der Waals surface area contributed by atoms with Crippen molar-refractivity contribution in [3.63, 3.8) is 0 Å². The number of ether oxygens (including phenoxy) is 3. The van der Waals surface area contributed by atoms with Gasteiger partial charge in [-0.15, -0.1) is 0 Å². The minimum atomic E-state index is 0.0251. The van der Waals surface area contributed by atoms with Gasteiger partial charge >= 0.3 is 0 Å². The van der Waals surface area contributed by atoms with Crippen molar-refractivity contribution in [2.24, 2.45) is 0 Å². The molecule has 1 heterocycles. The van der Waals surface area contributed by atoms with Gasteiger partial charge in [-0.25, -0.2) is 0 Å². The fourth-order valence-electron chi connectivity index (χ4n) is 2.39. The van der Waals surface area contributed by atoms with E-state index in [0.29, 0.717) is 24.5 Å². The van der Waals surface area contributed by atoms with Crippen LogP contribution in [0.1, 0.15) is 39.0 Å². The van der Waals surface area contributed by atoms with Gasteiger partial charge in [0.25, 0.3) is 0 Å². The van der Waals surface area contributed by atoms with Crippen molar-refractivity contribution < 1.29 is 19.0 Å². The molecule has 0 saturated carbocycles. The van der Waals surface area contributed by atoms with Gasteiger partial charge in [-0.1, -0.05) is 13.3 Å². The highest BCUT2D eigenvalue weighted by Gasteiger charge is 2.17. The first kappa shape index (κ1) is 16.6. The van der Waals surface area contributed by atoms with Crippen LogP contribution in [0.2, 0.25) is 0 Å². The van der Waals surface area contributed by atoms with Crippen molar-refractivity contribution in [3.8, 4) is 11.5 Å². The van der Waals surface area contributed by atoms with Gasteiger partial charge in [0.15, 0.2) is 11.5 Å². The fraction of sp³-hybridized carbons (Fsp3) is 0.588. The summed E-state index contributed by atoms with van der Waals surface area (Å²) >= 11 is 0. The minimum absolute atomic E-state index is 0.0251. The van der Waals surface area contributed by atoms with Crippen molar-refractivity contribution in [2.75, 3.05) is 25.6 Å². The Kier molecular flexibility index (Phi) is 6.52. The van der Waals surface area contributed by atoms with Crippen LogP contribution in [0.5, 0.6) is 11.5 Å². The SMILES string of the molecule is CCCCC(=O)Nc1ccc(OC)c(OCC2CCCO2)c1. The Hall–Kier alpha value is -1.75. The smallest absolute Gasteiger partial charge is 0.224 e. The second-order valence-electron chi connectivity index (χ2n) is 5.46. The quantitative estimate of drug-likeness (QED) is 0.800. The van der Waals surface area contributed by atoms with E-state index in [2.05, 4.69) is 12.2 Å². The van der Waals surface area contributed by atoms with Gasteiger partial charge in [0.2, 0.25) is 5.91 Å². The summed E-state index contributed by atoms with van der Waals surface area (Å²) in [5, 5.41) is 2.89. The fourth-order valence-corrected chi connectivity index (χ4v) is 2.39. The zero-order chi connectivity index (χ0) is 15.8. The number of carbonyl (C=O) groups excluding carboxylic acids is 1. The number of benzene rings is 1. The molecule has 1 aromatic rings. The van der Waals surface area contributed by atoms with Crippen LogP contribution in [0.4, 0.5) is 5.69 Å². The normalized spacial score (nSPS) is 17.3. The number of hydrogen-bond acceptors (Lipinski definition) is 4. The Bertz CT molecular complexity index is 484. The summed E-state index contributed by atoms with van der Waals surface area (Å²) in [7, 11) is 1.60. The molecule has 1 aliphatic heterocycles. The molecule has 1 saturated heterocycles. The Morgan fingerprint density at radius 1 is 1.41 bits per heavy atom. The zero-order valence-corrected chi connectivity index (χ0v) is 13.4. The lowest BCUT2D eigenvalue weighted by Crippen LogP contribution is -2.17. The zero-order valence-electron chi connectivity index (χ0n) is 13.4. The van der Waals surface area contributed by atoms with Crippen LogP contribution in [0, 0.1) is 0 Å². The lowest BCUT2D eigenvalue weighted by atomic mass is 10.2. The Morgan fingerprint density at radius 2 is 2.27 bits per heavy atom. The second-order valence-corrected chi connectivity index (χ2v) is 5.46. The first-order chi connectivity index (χ1) is 10.7. The highest BCUT2D eigenvalue weighted by atomic mass is 16.5. The van der Waals surface area contributed by atoms with E-state index >= 15 is 0 Å². The third-order valence-electron chi connectivity index (χ3n) is 3.65. The first-order valence-corrected chi connectivity index (χ1v) is 7.95. The van der Waals surface area contributed by atoms with Gasteiger partial charge in [0, 0.05) is 24.8 Å². The molecule has 1 atom stereocenters. The average Bonchev–Trinajstić information content (AvgIpc) is 3.04. The van der Waals surface area contributed by atoms with Gasteiger partial charge in [-0.05, 0) is 31.4 Å². The average molecular weight is 307 g/mol. The van der Waals surface area contributed by atoms with Crippen molar-refractivity contribution in [2.45, 2.75) is 45.1 Å². The molecule has 1 unspecified atom stereocenters. The van der Waals surface area contributed by atoms with Gasteiger partial charge in [-0.2, -0.15) is 0 Å². The summed E-state index contributed by atoms with van der Waals surface area (Å²) in [6.07, 6.45) is 4.69. The number of hydrogen-bond donors (Lipinski definition) is 1. The predicted molar refractivity (Wildman–Crippen MR) is 85.6 cm³/mol. The molecular formula is C17H25NO4. The first-order valence-electron chi connectivity index (χ1n) is 7.95. The van der Waals surface area contributed by atoms with Crippen LogP contribution in [0.15, 0.2) is 18.2 Å². The summed E-state index contributed by atoms with van der Waals surface area (Å²) in [4.78, 5) is 11.8. The number of carbonyl (C=O) groups is 1. The molecule has 0 aliphatic carbocycles. The van der Waals surface area contributed by atoms with Crippen LogP contribution < -0.4 is 14.8 Å². The maximum atomic E-state index is 11.8. The lowest BCUT2D eigenvalue weighted by molar-refractivity contribution is -0.116.